The smallest absolute Gasteiger partial charge is 0.00794 e. The van der Waals surface area contributed by atoms with Gasteiger partial charge in [-0.1, -0.05) is 80.1 Å². The molecule has 3 rings (SSSR count). The van der Waals surface area contributed by atoms with Crippen molar-refractivity contribution in [2.45, 2.75) is 32.2 Å². The number of rotatable bonds is 5. The quantitative estimate of drug-likeness (QED) is 0.688. The molecule has 0 aliphatic heterocycles. The van der Waals surface area contributed by atoms with Gasteiger partial charge < -0.3 is 5.73 Å². The summed E-state index contributed by atoms with van der Waals surface area (Å²) < 4.78 is 0. The Morgan fingerprint density at radius 2 is 1.50 bits per heavy atom. The summed E-state index contributed by atoms with van der Waals surface area (Å²) in [5.74, 6) is 0. The molecule has 0 spiro atoms. The van der Waals surface area contributed by atoms with Gasteiger partial charge in [-0.2, -0.15) is 0 Å². The molecule has 0 aromatic heterocycles. The Morgan fingerprint density at radius 1 is 0.818 bits per heavy atom. The van der Waals surface area contributed by atoms with Crippen molar-refractivity contribution in [2.24, 2.45) is 5.73 Å². The monoisotopic (exact) mass is 289 g/mol. The van der Waals surface area contributed by atoms with Crippen molar-refractivity contribution >= 4 is 10.8 Å². The van der Waals surface area contributed by atoms with Crippen molar-refractivity contribution in [3.05, 3.63) is 72.3 Å². The molecule has 2 N–H and O–H groups in total. The summed E-state index contributed by atoms with van der Waals surface area (Å²) in [6.45, 7) is 2.19. The van der Waals surface area contributed by atoms with Gasteiger partial charge in [-0.15, -0.1) is 0 Å². The highest BCUT2D eigenvalue weighted by molar-refractivity contribution is 5.97. The van der Waals surface area contributed by atoms with E-state index in [1.165, 1.54) is 27.5 Å². The summed E-state index contributed by atoms with van der Waals surface area (Å²) in [6.07, 6.45) is 3.15. The molecule has 0 saturated carbocycles. The lowest BCUT2D eigenvalue weighted by Gasteiger charge is -2.15. The van der Waals surface area contributed by atoms with Crippen molar-refractivity contribution in [3.63, 3.8) is 0 Å². The zero-order valence-electron chi connectivity index (χ0n) is 13.1. The molecule has 3 aromatic carbocycles. The van der Waals surface area contributed by atoms with Crippen LogP contribution in [0.25, 0.3) is 21.9 Å². The Kier molecular flexibility index (Phi) is 4.55. The maximum Gasteiger partial charge on any atom is 0.00794 e. The summed E-state index contributed by atoms with van der Waals surface area (Å²) in [6, 6.07) is 24.0. The van der Waals surface area contributed by atoms with Gasteiger partial charge in [0.1, 0.15) is 0 Å². The predicted octanol–water partition coefficient (Wildman–Crippen LogP) is 5.18. The van der Waals surface area contributed by atoms with Crippen LogP contribution in [0.2, 0.25) is 0 Å². The second-order valence-corrected chi connectivity index (χ2v) is 5.94. The summed E-state index contributed by atoms with van der Waals surface area (Å²) in [4.78, 5) is 0. The third kappa shape index (κ3) is 3.05. The second-order valence-electron chi connectivity index (χ2n) is 5.94. The Morgan fingerprint density at radius 3 is 2.36 bits per heavy atom. The van der Waals surface area contributed by atoms with Crippen LogP contribution >= 0.6 is 0 Å². The van der Waals surface area contributed by atoms with Gasteiger partial charge in [0.25, 0.3) is 0 Å². The molecule has 1 heteroatoms. The van der Waals surface area contributed by atoms with Crippen LogP contribution in [0.1, 0.15) is 25.3 Å². The van der Waals surface area contributed by atoms with Crippen molar-refractivity contribution in [3.8, 4) is 11.1 Å². The average Bonchev–Trinajstić information content (AvgIpc) is 2.55. The molecular weight excluding hydrogens is 266 g/mol. The minimum Gasteiger partial charge on any atom is -0.327 e. The lowest BCUT2D eigenvalue weighted by molar-refractivity contribution is 0.601. The van der Waals surface area contributed by atoms with Crippen molar-refractivity contribution in [1.29, 1.82) is 0 Å². The van der Waals surface area contributed by atoms with E-state index in [1.54, 1.807) is 0 Å². The van der Waals surface area contributed by atoms with Crippen LogP contribution in [-0.4, -0.2) is 6.04 Å². The molecule has 0 fully saturated rings. The maximum atomic E-state index is 6.28. The van der Waals surface area contributed by atoms with Crippen LogP contribution < -0.4 is 5.73 Å². The Balaban J connectivity index is 2.07. The molecule has 0 bridgehead atoms. The van der Waals surface area contributed by atoms with Gasteiger partial charge >= 0.3 is 0 Å². The number of benzene rings is 3. The minimum absolute atomic E-state index is 0.237. The van der Waals surface area contributed by atoms with E-state index >= 15 is 0 Å². The van der Waals surface area contributed by atoms with E-state index in [0.717, 1.165) is 19.3 Å². The number of fused-ring (bicyclic) bond motifs is 1. The minimum atomic E-state index is 0.237. The van der Waals surface area contributed by atoms with Crippen molar-refractivity contribution in [1.82, 2.24) is 0 Å². The molecule has 0 saturated heterocycles. The van der Waals surface area contributed by atoms with Crippen LogP contribution in [0.5, 0.6) is 0 Å². The normalized spacial score (nSPS) is 12.5. The van der Waals surface area contributed by atoms with Gasteiger partial charge in [0.05, 0.1) is 0 Å². The Labute approximate surface area is 132 Å². The maximum absolute atomic E-state index is 6.28. The molecule has 1 atom stereocenters. The van der Waals surface area contributed by atoms with Crippen molar-refractivity contribution in [2.75, 3.05) is 0 Å². The van der Waals surface area contributed by atoms with Gasteiger partial charge in [-0.3, -0.25) is 0 Å². The molecule has 0 heterocycles. The number of hydrogen-bond donors (Lipinski definition) is 1. The van der Waals surface area contributed by atoms with Crippen LogP contribution in [0.15, 0.2) is 66.7 Å². The lowest BCUT2D eigenvalue weighted by Crippen LogP contribution is -2.22. The van der Waals surface area contributed by atoms with Crippen molar-refractivity contribution < 1.29 is 0 Å². The van der Waals surface area contributed by atoms with Crippen LogP contribution in [0.3, 0.4) is 0 Å². The fourth-order valence-corrected chi connectivity index (χ4v) is 3.18. The molecule has 3 aromatic rings. The van der Waals surface area contributed by atoms with Gasteiger partial charge in [0.15, 0.2) is 0 Å². The molecular formula is C21H23N. The van der Waals surface area contributed by atoms with E-state index in [-0.39, 0.29) is 6.04 Å². The first kappa shape index (κ1) is 14.8. The van der Waals surface area contributed by atoms with E-state index in [2.05, 4.69) is 73.7 Å². The highest BCUT2D eigenvalue weighted by atomic mass is 14.6. The van der Waals surface area contributed by atoms with E-state index in [0.29, 0.717) is 0 Å². The third-order valence-corrected chi connectivity index (χ3v) is 4.24. The SMILES string of the molecule is CCCC(N)Cc1ccccc1-c1cccc2ccccc12. The van der Waals surface area contributed by atoms with E-state index in [1.807, 2.05) is 0 Å². The molecule has 0 aliphatic carbocycles. The lowest BCUT2D eigenvalue weighted by atomic mass is 9.91. The first-order valence-corrected chi connectivity index (χ1v) is 8.11. The zero-order chi connectivity index (χ0) is 15.4. The average molecular weight is 289 g/mol. The number of nitrogens with two attached hydrogens (primary N) is 1. The summed E-state index contributed by atoms with van der Waals surface area (Å²) in [5, 5.41) is 2.59. The van der Waals surface area contributed by atoms with Crippen LogP contribution in [0, 0.1) is 0 Å². The fraction of sp³-hybridized carbons (Fsp3) is 0.238. The molecule has 112 valence electrons. The Bertz CT molecular complexity index is 755. The van der Waals surface area contributed by atoms with E-state index in [9.17, 15) is 0 Å². The molecule has 0 amide bonds. The van der Waals surface area contributed by atoms with E-state index < -0.39 is 0 Å². The summed E-state index contributed by atoms with van der Waals surface area (Å²) >= 11 is 0. The third-order valence-electron chi connectivity index (χ3n) is 4.24. The molecule has 0 aliphatic rings. The second kappa shape index (κ2) is 6.76. The predicted molar refractivity (Wildman–Crippen MR) is 96.0 cm³/mol. The van der Waals surface area contributed by atoms with E-state index in [4.69, 9.17) is 5.73 Å². The molecule has 0 radical (unpaired) electrons. The fourth-order valence-electron chi connectivity index (χ4n) is 3.18. The number of hydrogen-bond acceptors (Lipinski definition) is 1. The largest absolute Gasteiger partial charge is 0.327 e. The molecule has 22 heavy (non-hydrogen) atoms. The zero-order valence-corrected chi connectivity index (χ0v) is 13.1. The summed E-state index contributed by atoms with van der Waals surface area (Å²) in [7, 11) is 0. The van der Waals surface area contributed by atoms with Gasteiger partial charge in [-0.25, -0.2) is 0 Å². The van der Waals surface area contributed by atoms with Gasteiger partial charge in [-0.05, 0) is 40.3 Å². The first-order valence-electron chi connectivity index (χ1n) is 8.11. The van der Waals surface area contributed by atoms with Gasteiger partial charge in [0.2, 0.25) is 0 Å². The van der Waals surface area contributed by atoms with Crippen LogP contribution in [0.4, 0.5) is 0 Å². The van der Waals surface area contributed by atoms with Crippen LogP contribution in [-0.2, 0) is 6.42 Å². The topological polar surface area (TPSA) is 26.0 Å². The first-order chi connectivity index (χ1) is 10.8. The Hall–Kier alpha value is -2.12. The summed E-state index contributed by atoms with van der Waals surface area (Å²) in [5.41, 5.74) is 10.2. The highest BCUT2D eigenvalue weighted by Crippen LogP contribution is 2.31. The standard InChI is InChI=1S/C21H23N/c1-2-8-18(22)15-17-10-4-6-13-20(17)21-14-7-11-16-9-3-5-12-19(16)21/h3-7,9-14,18H,2,8,15,22H2,1H3. The highest BCUT2D eigenvalue weighted by Gasteiger charge is 2.10. The van der Waals surface area contributed by atoms with Gasteiger partial charge in [0, 0.05) is 6.04 Å². The molecule has 1 unspecified atom stereocenters. The molecule has 1 nitrogen and oxygen atoms in total.